The van der Waals surface area contributed by atoms with Gasteiger partial charge in [-0.05, 0) is 32.7 Å². The van der Waals surface area contributed by atoms with Gasteiger partial charge in [0.1, 0.15) is 0 Å². The van der Waals surface area contributed by atoms with Crippen molar-refractivity contribution in [3.63, 3.8) is 0 Å². The van der Waals surface area contributed by atoms with Crippen molar-refractivity contribution in [1.82, 2.24) is 14.9 Å². The fraction of sp³-hybridized carbons (Fsp3) is 0.692. The first kappa shape index (κ1) is 13.6. The number of nitrogens with zero attached hydrogens (tertiary/aromatic N) is 3. The Bertz CT molecular complexity index is 355. The van der Waals surface area contributed by atoms with E-state index in [2.05, 4.69) is 27.1 Å². The largest absolute Gasteiger partial charge is 0.354 e. The predicted octanol–water partition coefficient (Wildman–Crippen LogP) is 2.81. The van der Waals surface area contributed by atoms with Crippen LogP contribution in [-0.2, 0) is 0 Å². The summed E-state index contributed by atoms with van der Waals surface area (Å²) in [6.45, 7) is 5.64. The molecule has 2 rings (SSSR count). The number of piperidine rings is 1. The Morgan fingerprint density at radius 3 is 2.89 bits per heavy atom. The molecule has 1 aliphatic rings. The highest BCUT2D eigenvalue weighted by atomic mass is 35.5. The van der Waals surface area contributed by atoms with Crippen LogP contribution in [0.15, 0.2) is 12.4 Å². The molecule has 1 aromatic rings. The fourth-order valence-electron chi connectivity index (χ4n) is 2.38. The van der Waals surface area contributed by atoms with E-state index < -0.39 is 0 Å². The standard InChI is InChI=1S/C13H21ClN4/c1-11-5-2-3-7-18(11)8-4-6-15-13-16-9-12(14)10-17-13/h9-11H,2-8H2,1H3,(H,15,16,17). The number of aromatic nitrogens is 2. The van der Waals surface area contributed by atoms with Gasteiger partial charge in [0.05, 0.1) is 17.4 Å². The van der Waals surface area contributed by atoms with E-state index in [-0.39, 0.29) is 0 Å². The SMILES string of the molecule is CC1CCCCN1CCCNc1ncc(Cl)cn1. The number of rotatable bonds is 5. The first-order chi connectivity index (χ1) is 8.75. The zero-order valence-corrected chi connectivity index (χ0v) is 11.7. The molecular weight excluding hydrogens is 248 g/mol. The zero-order chi connectivity index (χ0) is 12.8. The van der Waals surface area contributed by atoms with Crippen LogP contribution in [0.25, 0.3) is 0 Å². The molecule has 0 spiro atoms. The average molecular weight is 269 g/mol. The van der Waals surface area contributed by atoms with E-state index in [0.717, 1.165) is 25.6 Å². The summed E-state index contributed by atoms with van der Waals surface area (Å²) in [6, 6.07) is 0.741. The van der Waals surface area contributed by atoms with Gasteiger partial charge in [-0.15, -0.1) is 0 Å². The highest BCUT2D eigenvalue weighted by molar-refractivity contribution is 6.30. The van der Waals surface area contributed by atoms with Gasteiger partial charge in [-0.25, -0.2) is 9.97 Å². The minimum atomic E-state index is 0.572. The molecule has 0 radical (unpaired) electrons. The Labute approximate surface area is 114 Å². The summed E-state index contributed by atoms with van der Waals surface area (Å²) in [7, 11) is 0. The molecule has 0 aliphatic carbocycles. The summed E-state index contributed by atoms with van der Waals surface area (Å²) in [6.07, 6.45) is 8.42. The molecule has 100 valence electrons. The van der Waals surface area contributed by atoms with E-state index >= 15 is 0 Å². The topological polar surface area (TPSA) is 41.0 Å². The molecule has 1 aliphatic heterocycles. The maximum Gasteiger partial charge on any atom is 0.222 e. The number of nitrogens with one attached hydrogen (secondary N) is 1. The summed E-state index contributed by atoms with van der Waals surface area (Å²) in [4.78, 5) is 10.8. The number of halogens is 1. The molecule has 1 atom stereocenters. The van der Waals surface area contributed by atoms with Gasteiger partial charge >= 0.3 is 0 Å². The van der Waals surface area contributed by atoms with Crippen LogP contribution in [0.5, 0.6) is 0 Å². The first-order valence-electron chi connectivity index (χ1n) is 6.71. The Morgan fingerprint density at radius 2 is 2.17 bits per heavy atom. The number of anilines is 1. The lowest BCUT2D eigenvalue weighted by Gasteiger charge is -2.33. The summed E-state index contributed by atoms with van der Waals surface area (Å²) in [5, 5.41) is 3.79. The molecule has 1 N–H and O–H groups in total. The molecule has 1 fully saturated rings. The normalized spacial score (nSPS) is 20.9. The van der Waals surface area contributed by atoms with Crippen molar-refractivity contribution in [2.75, 3.05) is 25.0 Å². The van der Waals surface area contributed by atoms with Crippen molar-refractivity contribution in [3.05, 3.63) is 17.4 Å². The van der Waals surface area contributed by atoms with Crippen LogP contribution in [-0.4, -0.2) is 40.5 Å². The van der Waals surface area contributed by atoms with Crippen LogP contribution in [0.2, 0.25) is 5.02 Å². The van der Waals surface area contributed by atoms with Crippen molar-refractivity contribution < 1.29 is 0 Å². The van der Waals surface area contributed by atoms with E-state index in [1.807, 2.05) is 0 Å². The fourth-order valence-corrected chi connectivity index (χ4v) is 2.47. The van der Waals surface area contributed by atoms with Crippen molar-refractivity contribution in [2.45, 2.75) is 38.6 Å². The summed E-state index contributed by atoms with van der Waals surface area (Å²) < 4.78 is 0. The van der Waals surface area contributed by atoms with Gasteiger partial charge in [-0.1, -0.05) is 18.0 Å². The number of likely N-dealkylation sites (tertiary alicyclic amines) is 1. The molecule has 1 aromatic heterocycles. The maximum atomic E-state index is 5.73. The number of hydrogen-bond acceptors (Lipinski definition) is 4. The molecule has 4 nitrogen and oxygen atoms in total. The van der Waals surface area contributed by atoms with Crippen LogP contribution in [0.3, 0.4) is 0 Å². The Balaban J connectivity index is 1.65. The van der Waals surface area contributed by atoms with E-state index in [4.69, 9.17) is 11.6 Å². The van der Waals surface area contributed by atoms with Crippen molar-refractivity contribution >= 4 is 17.5 Å². The molecule has 0 bridgehead atoms. The maximum absolute atomic E-state index is 5.73. The highest BCUT2D eigenvalue weighted by Crippen LogP contribution is 2.16. The van der Waals surface area contributed by atoms with E-state index in [1.54, 1.807) is 12.4 Å². The first-order valence-corrected chi connectivity index (χ1v) is 7.09. The molecule has 0 amide bonds. The van der Waals surface area contributed by atoms with Gasteiger partial charge in [0.25, 0.3) is 0 Å². The molecular formula is C13H21ClN4. The van der Waals surface area contributed by atoms with Crippen LogP contribution in [0.1, 0.15) is 32.6 Å². The Morgan fingerprint density at radius 1 is 1.39 bits per heavy atom. The average Bonchev–Trinajstić information content (AvgIpc) is 2.39. The number of hydrogen-bond donors (Lipinski definition) is 1. The minimum Gasteiger partial charge on any atom is -0.354 e. The third-order valence-corrected chi connectivity index (χ3v) is 3.66. The van der Waals surface area contributed by atoms with Gasteiger partial charge in [0.2, 0.25) is 5.95 Å². The third kappa shape index (κ3) is 4.10. The van der Waals surface area contributed by atoms with Crippen molar-refractivity contribution in [2.24, 2.45) is 0 Å². The third-order valence-electron chi connectivity index (χ3n) is 3.47. The zero-order valence-electron chi connectivity index (χ0n) is 10.9. The van der Waals surface area contributed by atoms with E-state index in [9.17, 15) is 0 Å². The highest BCUT2D eigenvalue weighted by Gasteiger charge is 2.16. The molecule has 2 heterocycles. The molecule has 0 saturated carbocycles. The second-order valence-electron chi connectivity index (χ2n) is 4.89. The molecule has 5 heteroatoms. The summed E-state index contributed by atoms with van der Waals surface area (Å²) in [5.41, 5.74) is 0. The van der Waals surface area contributed by atoms with Crippen LogP contribution < -0.4 is 5.32 Å². The lowest BCUT2D eigenvalue weighted by Crippen LogP contribution is -2.38. The molecule has 18 heavy (non-hydrogen) atoms. The van der Waals surface area contributed by atoms with Crippen LogP contribution in [0, 0.1) is 0 Å². The van der Waals surface area contributed by atoms with E-state index in [0.29, 0.717) is 11.0 Å². The van der Waals surface area contributed by atoms with Crippen LogP contribution in [0.4, 0.5) is 5.95 Å². The molecule has 1 unspecified atom stereocenters. The molecule has 1 saturated heterocycles. The summed E-state index contributed by atoms with van der Waals surface area (Å²) >= 11 is 5.73. The second-order valence-corrected chi connectivity index (χ2v) is 5.32. The lowest BCUT2D eigenvalue weighted by molar-refractivity contribution is 0.160. The Hall–Kier alpha value is -0.870. The second kappa shape index (κ2) is 6.90. The van der Waals surface area contributed by atoms with Crippen molar-refractivity contribution in [3.8, 4) is 0 Å². The van der Waals surface area contributed by atoms with Gasteiger partial charge in [0.15, 0.2) is 0 Å². The van der Waals surface area contributed by atoms with Crippen LogP contribution >= 0.6 is 11.6 Å². The lowest BCUT2D eigenvalue weighted by atomic mass is 10.0. The van der Waals surface area contributed by atoms with Gasteiger partial charge < -0.3 is 10.2 Å². The molecule has 0 aromatic carbocycles. The monoisotopic (exact) mass is 268 g/mol. The van der Waals surface area contributed by atoms with E-state index in [1.165, 1.54) is 25.8 Å². The van der Waals surface area contributed by atoms with Crippen molar-refractivity contribution in [1.29, 1.82) is 0 Å². The minimum absolute atomic E-state index is 0.572. The Kier molecular flexibility index (Phi) is 5.20. The quantitative estimate of drug-likeness (QED) is 0.834. The smallest absolute Gasteiger partial charge is 0.222 e. The van der Waals surface area contributed by atoms with Gasteiger partial charge in [0, 0.05) is 19.1 Å². The summed E-state index contributed by atoms with van der Waals surface area (Å²) in [5.74, 6) is 0.658. The van der Waals surface area contributed by atoms with Gasteiger partial charge in [-0.3, -0.25) is 0 Å². The predicted molar refractivity (Wildman–Crippen MR) is 75.0 cm³/mol. The van der Waals surface area contributed by atoms with Gasteiger partial charge in [-0.2, -0.15) is 0 Å².